The maximum Gasteiger partial charge on any atom is 0.140 e. The number of hydrogen-bond donors (Lipinski definition) is 0. The molecular formula is C17H15N3. The van der Waals surface area contributed by atoms with Crippen LogP contribution in [0.25, 0.3) is 22.4 Å². The first-order valence-corrected chi connectivity index (χ1v) is 6.55. The third-order valence-corrected chi connectivity index (χ3v) is 3.80. The lowest BCUT2D eigenvalue weighted by atomic mass is 10.1. The molecule has 98 valence electrons. The van der Waals surface area contributed by atoms with Gasteiger partial charge in [-0.05, 0) is 43.2 Å². The van der Waals surface area contributed by atoms with Crippen LogP contribution < -0.4 is 0 Å². The van der Waals surface area contributed by atoms with Gasteiger partial charge in [0.1, 0.15) is 17.4 Å². The Labute approximate surface area is 118 Å². The molecule has 0 fully saturated rings. The van der Waals surface area contributed by atoms with Crippen LogP contribution >= 0.6 is 0 Å². The Hall–Kier alpha value is -2.60. The van der Waals surface area contributed by atoms with Gasteiger partial charge in [0, 0.05) is 12.6 Å². The summed E-state index contributed by atoms with van der Waals surface area (Å²) in [5.74, 6) is 0.894. The van der Waals surface area contributed by atoms with Crippen molar-refractivity contribution in [1.82, 2.24) is 9.55 Å². The summed E-state index contributed by atoms with van der Waals surface area (Å²) in [7, 11) is 1.99. The summed E-state index contributed by atoms with van der Waals surface area (Å²) in [5.41, 5.74) is 5.96. The van der Waals surface area contributed by atoms with Crippen molar-refractivity contribution in [3.63, 3.8) is 0 Å². The number of rotatable bonds is 1. The van der Waals surface area contributed by atoms with Crippen molar-refractivity contribution in [2.24, 2.45) is 7.05 Å². The van der Waals surface area contributed by atoms with E-state index >= 15 is 0 Å². The molecule has 3 rings (SSSR count). The Morgan fingerprint density at radius 1 is 1.10 bits per heavy atom. The number of para-hydroxylation sites is 1. The maximum absolute atomic E-state index is 9.19. The summed E-state index contributed by atoms with van der Waals surface area (Å²) >= 11 is 0. The monoisotopic (exact) mass is 261 g/mol. The zero-order valence-corrected chi connectivity index (χ0v) is 11.8. The second-order valence-corrected chi connectivity index (χ2v) is 5.08. The molecule has 1 aromatic heterocycles. The summed E-state index contributed by atoms with van der Waals surface area (Å²) in [6.45, 7) is 4.20. The Balaban J connectivity index is 2.29. The maximum atomic E-state index is 9.19. The fourth-order valence-electron chi connectivity index (χ4n) is 2.44. The molecule has 3 nitrogen and oxygen atoms in total. The van der Waals surface area contributed by atoms with Crippen LogP contribution in [0.3, 0.4) is 0 Å². The van der Waals surface area contributed by atoms with Gasteiger partial charge in [-0.15, -0.1) is 0 Å². The Kier molecular flexibility index (Phi) is 2.80. The number of hydrogen-bond acceptors (Lipinski definition) is 2. The number of aromatic nitrogens is 2. The Morgan fingerprint density at radius 3 is 2.60 bits per heavy atom. The highest BCUT2D eigenvalue weighted by atomic mass is 15.1. The molecule has 0 aliphatic carbocycles. The number of benzene rings is 2. The van der Waals surface area contributed by atoms with Crippen LogP contribution in [-0.4, -0.2) is 9.55 Å². The van der Waals surface area contributed by atoms with Crippen molar-refractivity contribution >= 4 is 11.0 Å². The predicted octanol–water partition coefficient (Wildman–Crippen LogP) is 3.73. The molecule has 0 radical (unpaired) electrons. The number of aryl methyl sites for hydroxylation is 3. The fraction of sp³-hybridized carbons (Fsp3) is 0.176. The molecule has 3 aromatic rings. The molecule has 0 spiro atoms. The van der Waals surface area contributed by atoms with Gasteiger partial charge < -0.3 is 4.57 Å². The molecule has 0 aliphatic heterocycles. The molecule has 0 unspecified atom stereocenters. The van der Waals surface area contributed by atoms with Crippen molar-refractivity contribution in [2.75, 3.05) is 0 Å². The molecule has 0 saturated carbocycles. The summed E-state index contributed by atoms with van der Waals surface area (Å²) < 4.78 is 2.04. The molecule has 0 amide bonds. The first-order valence-electron chi connectivity index (χ1n) is 6.55. The highest BCUT2D eigenvalue weighted by molar-refractivity contribution is 5.85. The zero-order valence-electron chi connectivity index (χ0n) is 11.8. The van der Waals surface area contributed by atoms with Crippen molar-refractivity contribution in [3.05, 3.63) is 53.1 Å². The van der Waals surface area contributed by atoms with Crippen molar-refractivity contribution < 1.29 is 0 Å². The first-order chi connectivity index (χ1) is 9.61. The van der Waals surface area contributed by atoms with E-state index in [4.69, 9.17) is 0 Å². The number of nitrogens with zero attached hydrogens (tertiary/aromatic N) is 3. The smallest absolute Gasteiger partial charge is 0.140 e. The fourth-order valence-corrected chi connectivity index (χ4v) is 2.44. The molecule has 2 aromatic carbocycles. The molecule has 0 aliphatic rings. The molecular weight excluding hydrogens is 246 g/mol. The van der Waals surface area contributed by atoms with E-state index in [1.165, 1.54) is 11.1 Å². The molecule has 3 heteroatoms. The minimum atomic E-state index is 0.619. The Bertz CT molecular complexity index is 851. The molecule has 1 heterocycles. The van der Waals surface area contributed by atoms with Gasteiger partial charge in [0.15, 0.2) is 0 Å². The van der Waals surface area contributed by atoms with Gasteiger partial charge in [0.2, 0.25) is 0 Å². The van der Waals surface area contributed by atoms with E-state index in [1.807, 2.05) is 23.7 Å². The highest BCUT2D eigenvalue weighted by Gasteiger charge is 2.12. The van der Waals surface area contributed by atoms with Gasteiger partial charge in [-0.1, -0.05) is 18.2 Å². The van der Waals surface area contributed by atoms with E-state index in [0.29, 0.717) is 5.56 Å². The van der Waals surface area contributed by atoms with Crippen LogP contribution in [0.4, 0.5) is 0 Å². The minimum absolute atomic E-state index is 0.619. The van der Waals surface area contributed by atoms with Crippen molar-refractivity contribution in [1.29, 1.82) is 5.26 Å². The molecule has 20 heavy (non-hydrogen) atoms. The van der Waals surface area contributed by atoms with Crippen LogP contribution in [0.5, 0.6) is 0 Å². The second kappa shape index (κ2) is 4.50. The summed E-state index contributed by atoms with van der Waals surface area (Å²) in [5, 5.41) is 9.19. The second-order valence-electron chi connectivity index (χ2n) is 5.08. The van der Waals surface area contributed by atoms with Gasteiger partial charge in [-0.2, -0.15) is 5.26 Å². The van der Waals surface area contributed by atoms with E-state index in [9.17, 15) is 5.26 Å². The van der Waals surface area contributed by atoms with Crippen LogP contribution in [0.2, 0.25) is 0 Å². The van der Waals surface area contributed by atoms with E-state index in [1.54, 1.807) is 6.07 Å². The van der Waals surface area contributed by atoms with Crippen molar-refractivity contribution in [3.8, 4) is 17.5 Å². The van der Waals surface area contributed by atoms with Gasteiger partial charge >= 0.3 is 0 Å². The van der Waals surface area contributed by atoms with Gasteiger partial charge in [-0.3, -0.25) is 0 Å². The third kappa shape index (κ3) is 1.78. The Morgan fingerprint density at radius 2 is 1.90 bits per heavy atom. The number of fused-ring (bicyclic) bond motifs is 1. The SMILES string of the molecule is Cc1ccc(-c2nc3c(C#N)cccc3n2C)cc1C. The molecule has 0 N–H and O–H groups in total. The van der Waals surface area contributed by atoms with Gasteiger partial charge in [0.25, 0.3) is 0 Å². The van der Waals surface area contributed by atoms with Gasteiger partial charge in [-0.25, -0.2) is 4.98 Å². The zero-order chi connectivity index (χ0) is 14.3. The third-order valence-electron chi connectivity index (χ3n) is 3.80. The molecule has 0 saturated heterocycles. The standard InChI is InChI=1S/C17H15N3/c1-11-7-8-13(9-12(11)2)17-19-16-14(10-18)5-4-6-15(16)20(17)3/h4-9H,1-3H3. The molecule has 0 bridgehead atoms. The first kappa shape index (κ1) is 12.4. The lowest BCUT2D eigenvalue weighted by Crippen LogP contribution is -1.93. The largest absolute Gasteiger partial charge is 0.327 e. The van der Waals surface area contributed by atoms with Gasteiger partial charge in [0.05, 0.1) is 11.1 Å². The quantitative estimate of drug-likeness (QED) is 0.669. The topological polar surface area (TPSA) is 41.6 Å². The van der Waals surface area contributed by atoms with E-state index < -0.39 is 0 Å². The van der Waals surface area contributed by atoms with Crippen LogP contribution in [0.1, 0.15) is 16.7 Å². The van der Waals surface area contributed by atoms with E-state index in [2.05, 4.69) is 43.1 Å². The summed E-state index contributed by atoms with van der Waals surface area (Å²) in [6.07, 6.45) is 0. The summed E-state index contributed by atoms with van der Waals surface area (Å²) in [6, 6.07) is 14.2. The average Bonchev–Trinajstić information content (AvgIpc) is 2.79. The number of nitriles is 1. The van der Waals surface area contributed by atoms with Crippen LogP contribution in [0, 0.1) is 25.2 Å². The van der Waals surface area contributed by atoms with E-state index in [-0.39, 0.29) is 0 Å². The van der Waals surface area contributed by atoms with Crippen molar-refractivity contribution in [2.45, 2.75) is 13.8 Å². The van der Waals surface area contributed by atoms with Crippen LogP contribution in [0.15, 0.2) is 36.4 Å². The van der Waals surface area contributed by atoms with E-state index in [0.717, 1.165) is 22.4 Å². The summed E-state index contributed by atoms with van der Waals surface area (Å²) in [4.78, 5) is 4.66. The normalized spacial score (nSPS) is 10.7. The lowest BCUT2D eigenvalue weighted by molar-refractivity contribution is 0.959. The lowest BCUT2D eigenvalue weighted by Gasteiger charge is -2.05. The van der Waals surface area contributed by atoms with Crippen LogP contribution in [-0.2, 0) is 7.05 Å². The molecule has 0 atom stereocenters. The number of imidazole rings is 1. The highest BCUT2D eigenvalue weighted by Crippen LogP contribution is 2.26. The predicted molar refractivity (Wildman–Crippen MR) is 80.3 cm³/mol. The minimum Gasteiger partial charge on any atom is -0.327 e. The average molecular weight is 261 g/mol.